The number of hydrogen-bond donors (Lipinski definition) is 1. The summed E-state index contributed by atoms with van der Waals surface area (Å²) in [7, 11) is 1.84. The lowest BCUT2D eigenvalue weighted by molar-refractivity contribution is -0.121. The third-order valence-electron chi connectivity index (χ3n) is 4.06. The third kappa shape index (κ3) is 4.76. The van der Waals surface area contributed by atoms with Gasteiger partial charge in [0, 0.05) is 19.4 Å². The van der Waals surface area contributed by atoms with Crippen molar-refractivity contribution in [3.05, 3.63) is 83.4 Å². The lowest BCUT2D eigenvalue weighted by Gasteiger charge is -2.18. The highest BCUT2D eigenvalue weighted by Gasteiger charge is 2.17. The highest BCUT2D eigenvalue weighted by Crippen LogP contribution is 2.17. The Morgan fingerprint density at radius 3 is 2.60 bits per heavy atom. The van der Waals surface area contributed by atoms with Gasteiger partial charge in [-0.3, -0.25) is 14.5 Å². The number of aromatic nitrogens is 3. The van der Waals surface area contributed by atoms with Crippen molar-refractivity contribution in [1.82, 2.24) is 20.1 Å². The van der Waals surface area contributed by atoms with Crippen molar-refractivity contribution in [1.29, 1.82) is 0 Å². The van der Waals surface area contributed by atoms with Gasteiger partial charge in [-0.05, 0) is 36.6 Å². The van der Waals surface area contributed by atoms with Gasteiger partial charge in [-0.25, -0.2) is 0 Å². The maximum absolute atomic E-state index is 12.5. The Labute approximate surface area is 147 Å². The molecule has 3 aromatic rings. The standard InChI is InChI=1S/C20H22N4O/c1-15-6-8-16(9-7-15)11-19(18-5-3-4-10-21-18)23-20(25)12-17-13-22-24(2)14-17/h3-10,13-14,19H,11-12H2,1-2H3,(H,23,25)/t19-/m0/s1. The second-order valence-electron chi connectivity index (χ2n) is 6.26. The van der Waals surface area contributed by atoms with Gasteiger partial charge in [0.05, 0.1) is 24.4 Å². The summed E-state index contributed by atoms with van der Waals surface area (Å²) < 4.78 is 1.70. The van der Waals surface area contributed by atoms with Gasteiger partial charge in [0.15, 0.2) is 0 Å². The smallest absolute Gasteiger partial charge is 0.225 e. The van der Waals surface area contributed by atoms with E-state index in [-0.39, 0.29) is 11.9 Å². The fraction of sp³-hybridized carbons (Fsp3) is 0.250. The molecule has 0 radical (unpaired) electrons. The first-order chi connectivity index (χ1) is 12.1. The molecule has 128 valence electrons. The Kier molecular flexibility index (Phi) is 5.23. The summed E-state index contributed by atoms with van der Waals surface area (Å²) in [4.78, 5) is 16.9. The third-order valence-corrected chi connectivity index (χ3v) is 4.06. The zero-order valence-corrected chi connectivity index (χ0v) is 14.5. The summed E-state index contributed by atoms with van der Waals surface area (Å²) in [6.45, 7) is 2.07. The van der Waals surface area contributed by atoms with E-state index in [4.69, 9.17) is 0 Å². The van der Waals surface area contributed by atoms with Crippen LogP contribution < -0.4 is 5.32 Å². The quantitative estimate of drug-likeness (QED) is 0.754. The van der Waals surface area contributed by atoms with Crippen LogP contribution in [0.2, 0.25) is 0 Å². The molecule has 2 aromatic heterocycles. The molecule has 1 amide bonds. The number of nitrogens with one attached hydrogen (secondary N) is 1. The van der Waals surface area contributed by atoms with Crippen molar-refractivity contribution in [2.24, 2.45) is 7.05 Å². The lowest BCUT2D eigenvalue weighted by atomic mass is 10.0. The summed E-state index contributed by atoms with van der Waals surface area (Å²) in [5.74, 6) is -0.0317. The first-order valence-electron chi connectivity index (χ1n) is 8.33. The van der Waals surface area contributed by atoms with Crippen LogP contribution in [0.3, 0.4) is 0 Å². The fourth-order valence-corrected chi connectivity index (χ4v) is 2.77. The van der Waals surface area contributed by atoms with E-state index >= 15 is 0 Å². The number of benzene rings is 1. The van der Waals surface area contributed by atoms with E-state index in [1.54, 1.807) is 17.1 Å². The second-order valence-corrected chi connectivity index (χ2v) is 6.26. The van der Waals surface area contributed by atoms with Crippen molar-refractivity contribution in [3.8, 4) is 0 Å². The summed E-state index contributed by atoms with van der Waals surface area (Å²) in [5.41, 5.74) is 4.15. The Balaban J connectivity index is 1.74. The van der Waals surface area contributed by atoms with Crippen LogP contribution in [-0.2, 0) is 24.7 Å². The number of rotatable bonds is 6. The fourth-order valence-electron chi connectivity index (χ4n) is 2.77. The highest BCUT2D eigenvalue weighted by atomic mass is 16.1. The van der Waals surface area contributed by atoms with Crippen molar-refractivity contribution < 1.29 is 4.79 Å². The van der Waals surface area contributed by atoms with Crippen LogP contribution in [0.15, 0.2) is 61.1 Å². The molecule has 5 nitrogen and oxygen atoms in total. The molecule has 0 bridgehead atoms. The first kappa shape index (κ1) is 16.9. The van der Waals surface area contributed by atoms with Crippen LogP contribution in [0.4, 0.5) is 0 Å². The molecule has 0 aliphatic carbocycles. The summed E-state index contributed by atoms with van der Waals surface area (Å²) >= 11 is 0. The molecule has 0 aliphatic rings. The summed E-state index contributed by atoms with van der Waals surface area (Å²) in [6.07, 6.45) is 6.34. The average Bonchev–Trinajstić information content (AvgIpc) is 3.01. The van der Waals surface area contributed by atoms with E-state index in [0.29, 0.717) is 12.8 Å². The van der Waals surface area contributed by atoms with Gasteiger partial charge in [-0.2, -0.15) is 5.10 Å². The molecule has 0 saturated carbocycles. The minimum absolute atomic E-state index is 0.0317. The van der Waals surface area contributed by atoms with E-state index in [1.807, 2.05) is 31.4 Å². The minimum Gasteiger partial charge on any atom is -0.347 e. The Morgan fingerprint density at radius 1 is 1.16 bits per heavy atom. The Bertz CT molecular complexity index is 824. The number of carbonyl (C=O) groups is 1. The molecule has 3 rings (SSSR count). The second kappa shape index (κ2) is 7.75. The number of aryl methyl sites for hydroxylation is 2. The number of carbonyl (C=O) groups excluding carboxylic acids is 1. The molecule has 0 aliphatic heterocycles. The Morgan fingerprint density at radius 2 is 1.96 bits per heavy atom. The SMILES string of the molecule is Cc1ccc(C[C@H](NC(=O)Cc2cnn(C)c2)c2ccccn2)cc1. The van der Waals surface area contributed by atoms with Crippen LogP contribution in [0.5, 0.6) is 0 Å². The molecule has 0 fully saturated rings. The summed E-state index contributed by atoms with van der Waals surface area (Å²) in [5, 5.41) is 7.22. The van der Waals surface area contributed by atoms with Crippen molar-refractivity contribution in [2.45, 2.75) is 25.8 Å². The van der Waals surface area contributed by atoms with Gasteiger partial charge in [0.2, 0.25) is 5.91 Å². The van der Waals surface area contributed by atoms with Crippen molar-refractivity contribution >= 4 is 5.91 Å². The average molecular weight is 334 g/mol. The van der Waals surface area contributed by atoms with E-state index in [0.717, 1.165) is 11.3 Å². The topological polar surface area (TPSA) is 59.8 Å². The van der Waals surface area contributed by atoms with Crippen LogP contribution >= 0.6 is 0 Å². The maximum Gasteiger partial charge on any atom is 0.225 e. The molecule has 1 N–H and O–H groups in total. The van der Waals surface area contributed by atoms with Gasteiger partial charge in [-0.15, -0.1) is 0 Å². The van der Waals surface area contributed by atoms with Gasteiger partial charge < -0.3 is 5.32 Å². The summed E-state index contributed by atoms with van der Waals surface area (Å²) in [6, 6.07) is 14.0. The predicted octanol–water partition coefficient (Wildman–Crippen LogP) is 2.77. The van der Waals surface area contributed by atoms with Crippen LogP contribution in [-0.4, -0.2) is 20.7 Å². The Hall–Kier alpha value is -2.95. The van der Waals surface area contributed by atoms with E-state index in [9.17, 15) is 4.79 Å². The molecule has 2 heterocycles. The van der Waals surface area contributed by atoms with E-state index in [2.05, 4.69) is 46.6 Å². The molecule has 0 unspecified atom stereocenters. The van der Waals surface area contributed by atoms with E-state index < -0.39 is 0 Å². The molecule has 5 heteroatoms. The van der Waals surface area contributed by atoms with Crippen molar-refractivity contribution in [2.75, 3.05) is 0 Å². The highest BCUT2D eigenvalue weighted by molar-refractivity contribution is 5.78. The molecule has 0 spiro atoms. The molecule has 1 atom stereocenters. The molecule has 1 aromatic carbocycles. The first-order valence-corrected chi connectivity index (χ1v) is 8.33. The van der Waals surface area contributed by atoms with Gasteiger partial charge in [0.25, 0.3) is 0 Å². The zero-order chi connectivity index (χ0) is 17.6. The number of nitrogens with zero attached hydrogens (tertiary/aromatic N) is 3. The number of pyridine rings is 1. The normalized spacial score (nSPS) is 11.9. The monoisotopic (exact) mass is 334 g/mol. The van der Waals surface area contributed by atoms with Crippen LogP contribution in [0.1, 0.15) is 28.4 Å². The number of amides is 1. The molecular formula is C20H22N4O. The van der Waals surface area contributed by atoms with E-state index in [1.165, 1.54) is 11.1 Å². The van der Waals surface area contributed by atoms with Crippen LogP contribution in [0.25, 0.3) is 0 Å². The van der Waals surface area contributed by atoms with Gasteiger partial charge in [-0.1, -0.05) is 35.9 Å². The van der Waals surface area contributed by atoms with Crippen molar-refractivity contribution in [3.63, 3.8) is 0 Å². The molecular weight excluding hydrogens is 312 g/mol. The number of hydrogen-bond acceptors (Lipinski definition) is 3. The van der Waals surface area contributed by atoms with Crippen LogP contribution in [0, 0.1) is 6.92 Å². The predicted molar refractivity (Wildman–Crippen MR) is 96.9 cm³/mol. The molecule has 25 heavy (non-hydrogen) atoms. The molecule has 0 saturated heterocycles. The van der Waals surface area contributed by atoms with Gasteiger partial charge in [0.1, 0.15) is 0 Å². The maximum atomic E-state index is 12.5. The zero-order valence-electron chi connectivity index (χ0n) is 14.5. The largest absolute Gasteiger partial charge is 0.347 e. The minimum atomic E-state index is -0.159. The van der Waals surface area contributed by atoms with Gasteiger partial charge >= 0.3 is 0 Å². The lowest BCUT2D eigenvalue weighted by Crippen LogP contribution is -2.31.